The van der Waals surface area contributed by atoms with Gasteiger partial charge in [-0.2, -0.15) is 0 Å². The maximum Gasteiger partial charge on any atom is 0.246 e. The number of Topliss-reactive ketones (excluding diaryl/α,β-unsaturated/α-hetero) is 1. The summed E-state index contributed by atoms with van der Waals surface area (Å²) in [5.41, 5.74) is 1.73. The first-order valence-corrected chi connectivity index (χ1v) is 9.56. The number of benzene rings is 2. The van der Waals surface area contributed by atoms with Crippen LogP contribution < -0.4 is 10.6 Å². The van der Waals surface area contributed by atoms with Crippen LogP contribution in [0.25, 0.3) is 0 Å². The predicted octanol–water partition coefficient (Wildman–Crippen LogP) is 4.23. The zero-order valence-corrected chi connectivity index (χ0v) is 17.2. The Morgan fingerprint density at radius 1 is 0.966 bits per heavy atom. The summed E-state index contributed by atoms with van der Waals surface area (Å²) in [4.78, 5) is 36.5. The Kier molecular flexibility index (Phi) is 7.26. The highest BCUT2D eigenvalue weighted by Crippen LogP contribution is 2.22. The zero-order valence-electron chi connectivity index (χ0n) is 17.2. The molecule has 2 N–H and O–H groups in total. The van der Waals surface area contributed by atoms with Gasteiger partial charge in [0.2, 0.25) is 11.8 Å². The normalized spacial score (nSPS) is 12.2. The lowest BCUT2D eigenvalue weighted by Crippen LogP contribution is -2.41. The second-order valence-corrected chi connectivity index (χ2v) is 8.01. The SMILES string of the molecule is CC(NC(=O)CCC(=O)c1ccc(C(C)(C)C)cc1)C(=O)Nc1ccccc1F. The Hall–Kier alpha value is -3.02. The second-order valence-electron chi connectivity index (χ2n) is 8.01. The molecule has 0 radical (unpaired) electrons. The number of nitrogens with one attached hydrogen (secondary N) is 2. The average molecular weight is 398 g/mol. The van der Waals surface area contributed by atoms with E-state index in [0.717, 1.165) is 5.56 Å². The van der Waals surface area contributed by atoms with Crippen molar-refractivity contribution in [3.8, 4) is 0 Å². The van der Waals surface area contributed by atoms with E-state index in [4.69, 9.17) is 0 Å². The van der Waals surface area contributed by atoms with Crippen molar-refractivity contribution in [1.29, 1.82) is 0 Å². The third kappa shape index (κ3) is 6.52. The van der Waals surface area contributed by atoms with E-state index in [2.05, 4.69) is 31.4 Å². The van der Waals surface area contributed by atoms with E-state index in [1.54, 1.807) is 18.2 Å². The summed E-state index contributed by atoms with van der Waals surface area (Å²) in [6.07, 6.45) is 0.0134. The van der Waals surface area contributed by atoms with Crippen LogP contribution in [0.5, 0.6) is 0 Å². The number of carbonyl (C=O) groups is 3. The number of hydrogen-bond donors (Lipinski definition) is 2. The summed E-state index contributed by atoms with van der Waals surface area (Å²) in [6, 6.07) is 12.3. The lowest BCUT2D eigenvalue weighted by atomic mass is 9.86. The molecular formula is C23H27FN2O3. The van der Waals surface area contributed by atoms with Gasteiger partial charge in [-0.25, -0.2) is 4.39 Å². The molecule has 2 aromatic rings. The highest BCUT2D eigenvalue weighted by molar-refractivity contribution is 5.99. The number of rotatable bonds is 7. The molecule has 0 heterocycles. The van der Waals surface area contributed by atoms with Crippen molar-refractivity contribution < 1.29 is 18.8 Å². The van der Waals surface area contributed by atoms with Gasteiger partial charge in [-0.05, 0) is 30.0 Å². The molecule has 2 amide bonds. The fourth-order valence-electron chi connectivity index (χ4n) is 2.71. The van der Waals surface area contributed by atoms with Crippen molar-refractivity contribution in [2.24, 2.45) is 0 Å². The fourth-order valence-corrected chi connectivity index (χ4v) is 2.71. The molecule has 0 aliphatic heterocycles. The third-order valence-electron chi connectivity index (χ3n) is 4.55. The van der Waals surface area contributed by atoms with Crippen LogP contribution in [0.2, 0.25) is 0 Å². The van der Waals surface area contributed by atoms with Crippen molar-refractivity contribution >= 4 is 23.3 Å². The molecule has 29 heavy (non-hydrogen) atoms. The summed E-state index contributed by atoms with van der Waals surface area (Å²) >= 11 is 0. The van der Waals surface area contributed by atoms with Gasteiger partial charge < -0.3 is 10.6 Å². The number of anilines is 1. The van der Waals surface area contributed by atoms with E-state index in [-0.39, 0.29) is 29.7 Å². The van der Waals surface area contributed by atoms with E-state index in [9.17, 15) is 18.8 Å². The molecule has 1 unspecified atom stereocenters. The highest BCUT2D eigenvalue weighted by Gasteiger charge is 2.18. The number of carbonyl (C=O) groups excluding carboxylic acids is 3. The molecule has 0 aliphatic rings. The van der Waals surface area contributed by atoms with Crippen LogP contribution in [0.4, 0.5) is 10.1 Å². The predicted molar refractivity (Wildman–Crippen MR) is 111 cm³/mol. The second kappa shape index (κ2) is 9.45. The van der Waals surface area contributed by atoms with Crippen LogP contribution in [0, 0.1) is 5.82 Å². The molecule has 0 saturated heterocycles. The van der Waals surface area contributed by atoms with Crippen molar-refractivity contribution in [1.82, 2.24) is 5.32 Å². The van der Waals surface area contributed by atoms with Gasteiger partial charge in [0.25, 0.3) is 0 Å². The third-order valence-corrected chi connectivity index (χ3v) is 4.55. The summed E-state index contributed by atoms with van der Waals surface area (Å²) in [7, 11) is 0. The van der Waals surface area contributed by atoms with Crippen molar-refractivity contribution in [2.75, 3.05) is 5.32 Å². The minimum absolute atomic E-state index is 0.000833. The summed E-state index contributed by atoms with van der Waals surface area (Å²) in [5.74, 6) is -1.64. The minimum atomic E-state index is -0.858. The summed E-state index contributed by atoms with van der Waals surface area (Å²) in [6.45, 7) is 7.79. The molecule has 0 saturated carbocycles. The lowest BCUT2D eigenvalue weighted by molar-refractivity contribution is -0.126. The molecule has 0 spiro atoms. The fraction of sp³-hybridized carbons (Fsp3) is 0.348. The molecule has 0 aromatic heterocycles. The number of ketones is 1. The summed E-state index contributed by atoms with van der Waals surface area (Å²) < 4.78 is 13.6. The van der Waals surface area contributed by atoms with Gasteiger partial charge in [-0.15, -0.1) is 0 Å². The number of para-hydroxylation sites is 1. The van der Waals surface area contributed by atoms with Crippen LogP contribution in [-0.4, -0.2) is 23.6 Å². The van der Waals surface area contributed by atoms with Crippen LogP contribution in [0.15, 0.2) is 48.5 Å². The van der Waals surface area contributed by atoms with Gasteiger partial charge in [0.15, 0.2) is 5.78 Å². The van der Waals surface area contributed by atoms with E-state index in [1.807, 2.05) is 12.1 Å². The molecule has 2 rings (SSSR count). The topological polar surface area (TPSA) is 75.3 Å². The molecule has 0 bridgehead atoms. The molecule has 2 aromatic carbocycles. The monoisotopic (exact) mass is 398 g/mol. The first-order chi connectivity index (χ1) is 13.6. The van der Waals surface area contributed by atoms with Gasteiger partial charge >= 0.3 is 0 Å². The van der Waals surface area contributed by atoms with Crippen LogP contribution >= 0.6 is 0 Å². The van der Waals surface area contributed by atoms with Gasteiger partial charge in [0.1, 0.15) is 11.9 Å². The van der Waals surface area contributed by atoms with E-state index in [0.29, 0.717) is 5.56 Å². The van der Waals surface area contributed by atoms with Crippen LogP contribution in [-0.2, 0) is 15.0 Å². The Balaban J connectivity index is 1.83. The quantitative estimate of drug-likeness (QED) is 0.686. The molecule has 0 aliphatic carbocycles. The molecule has 1 atom stereocenters. The van der Waals surface area contributed by atoms with Gasteiger partial charge in [0.05, 0.1) is 5.69 Å². The maximum atomic E-state index is 13.6. The Bertz CT molecular complexity index is 886. The highest BCUT2D eigenvalue weighted by atomic mass is 19.1. The maximum absolute atomic E-state index is 13.6. The molecular weight excluding hydrogens is 371 g/mol. The molecule has 5 nitrogen and oxygen atoms in total. The Morgan fingerprint density at radius 2 is 1.59 bits per heavy atom. The molecule has 6 heteroatoms. The zero-order chi connectivity index (χ0) is 21.6. The average Bonchev–Trinajstić information content (AvgIpc) is 2.67. The summed E-state index contributed by atoms with van der Waals surface area (Å²) in [5, 5.41) is 4.96. The standard InChI is InChI=1S/C23H27FN2O3/c1-15(22(29)26-19-8-6-5-7-18(19)24)25-21(28)14-13-20(27)16-9-11-17(12-10-16)23(2,3)4/h5-12,15H,13-14H2,1-4H3,(H,25,28)(H,26,29). The van der Waals surface area contributed by atoms with Crippen molar-refractivity contribution in [3.05, 3.63) is 65.5 Å². The van der Waals surface area contributed by atoms with Gasteiger partial charge in [-0.3, -0.25) is 14.4 Å². The number of amides is 2. The minimum Gasteiger partial charge on any atom is -0.345 e. The Labute approximate surface area is 170 Å². The van der Waals surface area contributed by atoms with E-state index in [1.165, 1.54) is 25.1 Å². The molecule has 154 valence electrons. The largest absolute Gasteiger partial charge is 0.345 e. The van der Waals surface area contributed by atoms with E-state index < -0.39 is 23.7 Å². The van der Waals surface area contributed by atoms with Crippen molar-refractivity contribution in [2.45, 2.75) is 52.0 Å². The number of halogens is 1. The lowest BCUT2D eigenvalue weighted by Gasteiger charge is -2.19. The first-order valence-electron chi connectivity index (χ1n) is 9.56. The van der Waals surface area contributed by atoms with Gasteiger partial charge in [-0.1, -0.05) is 57.2 Å². The van der Waals surface area contributed by atoms with Crippen molar-refractivity contribution in [3.63, 3.8) is 0 Å². The van der Waals surface area contributed by atoms with Crippen LogP contribution in [0.3, 0.4) is 0 Å². The van der Waals surface area contributed by atoms with Gasteiger partial charge in [0, 0.05) is 18.4 Å². The molecule has 0 fully saturated rings. The Morgan fingerprint density at radius 3 is 2.17 bits per heavy atom. The van der Waals surface area contributed by atoms with Crippen LogP contribution in [0.1, 0.15) is 56.5 Å². The smallest absolute Gasteiger partial charge is 0.246 e. The number of hydrogen-bond acceptors (Lipinski definition) is 3. The first kappa shape index (κ1) is 22.3. The van der Waals surface area contributed by atoms with E-state index >= 15 is 0 Å².